The molecule has 1 N–H and O–H groups in total. The van der Waals surface area contributed by atoms with Crippen LogP contribution in [0.2, 0.25) is 0 Å². The van der Waals surface area contributed by atoms with Crippen molar-refractivity contribution >= 4 is 17.6 Å². The fourth-order valence-corrected chi connectivity index (χ4v) is 3.36. The Morgan fingerprint density at radius 1 is 1.54 bits per heavy atom. The number of epoxide rings is 1. The predicted molar refractivity (Wildman–Crippen MR) is 93.2 cm³/mol. The van der Waals surface area contributed by atoms with Gasteiger partial charge in [0.1, 0.15) is 17.4 Å². The van der Waals surface area contributed by atoms with Crippen molar-refractivity contribution in [3.63, 3.8) is 0 Å². The number of carbonyl (C=O) groups excluding carboxylic acids is 1. The minimum Gasteiger partial charge on any atom is -0.444 e. The normalized spacial score (nSPS) is 25.7. The number of aromatic nitrogens is 2. The molecule has 2 fully saturated rings. The van der Waals surface area contributed by atoms with Crippen molar-refractivity contribution in [2.45, 2.75) is 50.9 Å². The molecule has 3 rings (SSSR count). The van der Waals surface area contributed by atoms with Crippen LogP contribution in [0.25, 0.3) is 0 Å². The average Bonchev–Trinajstić information content (AvgIpc) is 3.17. The summed E-state index contributed by atoms with van der Waals surface area (Å²) in [6.45, 7) is 7.09. The molecule has 2 aliphatic rings. The van der Waals surface area contributed by atoms with Crippen LogP contribution < -0.4 is 10.2 Å². The first-order chi connectivity index (χ1) is 12.1. The largest absolute Gasteiger partial charge is 0.444 e. The van der Waals surface area contributed by atoms with E-state index in [1.807, 2.05) is 25.7 Å². The van der Waals surface area contributed by atoms with E-state index in [0.717, 1.165) is 0 Å². The molecular formula is C16H25N5O5. The Hall–Kier alpha value is -2.36. The van der Waals surface area contributed by atoms with Crippen molar-refractivity contribution in [1.29, 1.82) is 0 Å². The van der Waals surface area contributed by atoms with Crippen LogP contribution in [-0.4, -0.2) is 57.7 Å². The van der Waals surface area contributed by atoms with Gasteiger partial charge in [0, 0.05) is 26.1 Å². The molecule has 1 aromatic rings. The highest BCUT2D eigenvalue weighted by molar-refractivity contribution is 5.68. The van der Waals surface area contributed by atoms with Gasteiger partial charge < -0.3 is 19.7 Å². The van der Waals surface area contributed by atoms with Crippen LogP contribution in [0, 0.1) is 10.1 Å². The van der Waals surface area contributed by atoms with E-state index in [2.05, 4.69) is 10.4 Å². The second-order valence-electron chi connectivity index (χ2n) is 7.96. The number of hydrogen-bond donors (Lipinski definition) is 1. The van der Waals surface area contributed by atoms with Crippen LogP contribution in [-0.2, 0) is 16.5 Å². The van der Waals surface area contributed by atoms with Crippen LogP contribution in [0.5, 0.6) is 0 Å². The van der Waals surface area contributed by atoms with Crippen LogP contribution >= 0.6 is 0 Å². The summed E-state index contributed by atoms with van der Waals surface area (Å²) >= 11 is 0. The molecule has 1 amide bonds. The number of anilines is 1. The third kappa shape index (κ3) is 4.06. The van der Waals surface area contributed by atoms with E-state index in [1.165, 1.54) is 10.9 Å². The first kappa shape index (κ1) is 18.4. The summed E-state index contributed by atoms with van der Waals surface area (Å²) in [5.41, 5.74) is -0.986. The summed E-state index contributed by atoms with van der Waals surface area (Å²) in [6.07, 6.45) is 2.08. The highest BCUT2D eigenvalue weighted by atomic mass is 16.6. The molecule has 0 bridgehead atoms. The van der Waals surface area contributed by atoms with Crippen LogP contribution in [0.15, 0.2) is 6.20 Å². The Bertz CT molecular complexity index is 706. The van der Waals surface area contributed by atoms with E-state index >= 15 is 0 Å². The second kappa shape index (κ2) is 6.42. The lowest BCUT2D eigenvalue weighted by molar-refractivity contribution is -0.384. The molecule has 1 unspecified atom stereocenters. The third-order valence-corrected chi connectivity index (χ3v) is 4.50. The maximum Gasteiger partial charge on any atom is 0.407 e. The van der Waals surface area contributed by atoms with Gasteiger partial charge in [0.15, 0.2) is 0 Å². The number of alkyl carbamates (subject to hydrolysis) is 1. The summed E-state index contributed by atoms with van der Waals surface area (Å²) in [7, 11) is 1.68. The molecule has 26 heavy (non-hydrogen) atoms. The van der Waals surface area contributed by atoms with Crippen molar-refractivity contribution in [3.8, 4) is 0 Å². The number of rotatable bonds is 3. The van der Waals surface area contributed by atoms with Gasteiger partial charge >= 0.3 is 11.8 Å². The van der Waals surface area contributed by atoms with Crippen LogP contribution in [0.3, 0.4) is 0 Å². The number of ether oxygens (including phenoxy) is 2. The summed E-state index contributed by atoms with van der Waals surface area (Å²) < 4.78 is 12.5. The lowest BCUT2D eigenvalue weighted by Gasteiger charge is -2.23. The first-order valence-corrected chi connectivity index (χ1v) is 8.63. The molecule has 10 heteroatoms. The molecule has 2 atom stereocenters. The molecule has 2 saturated heterocycles. The fourth-order valence-electron chi connectivity index (χ4n) is 3.36. The number of hydrogen-bond acceptors (Lipinski definition) is 7. The molecule has 0 aromatic carbocycles. The number of nitrogens with zero attached hydrogens (tertiary/aromatic N) is 4. The minimum absolute atomic E-state index is 0.0261. The zero-order valence-corrected chi connectivity index (χ0v) is 15.5. The zero-order chi connectivity index (χ0) is 19.1. The van der Waals surface area contributed by atoms with Gasteiger partial charge in [-0.15, -0.1) is 0 Å². The lowest BCUT2D eigenvalue weighted by Crippen LogP contribution is -2.41. The number of aryl methyl sites for hydroxylation is 1. The first-order valence-electron chi connectivity index (χ1n) is 8.63. The monoisotopic (exact) mass is 367 g/mol. The lowest BCUT2D eigenvalue weighted by atomic mass is 10.0. The molecule has 0 radical (unpaired) electrons. The van der Waals surface area contributed by atoms with E-state index in [9.17, 15) is 14.9 Å². The molecule has 1 aromatic heterocycles. The Morgan fingerprint density at radius 3 is 2.81 bits per heavy atom. The number of carbonyl (C=O) groups is 1. The van der Waals surface area contributed by atoms with E-state index in [-0.39, 0.29) is 11.7 Å². The van der Waals surface area contributed by atoms with Crippen molar-refractivity contribution in [2.24, 2.45) is 7.05 Å². The van der Waals surface area contributed by atoms with Gasteiger partial charge in [0.25, 0.3) is 0 Å². The second-order valence-corrected chi connectivity index (χ2v) is 7.96. The molecule has 3 heterocycles. The van der Waals surface area contributed by atoms with E-state index in [4.69, 9.17) is 9.47 Å². The highest BCUT2D eigenvalue weighted by Gasteiger charge is 2.50. The maximum atomic E-state index is 12.1. The summed E-state index contributed by atoms with van der Waals surface area (Å²) in [5, 5.41) is 18.2. The Kier molecular flexibility index (Phi) is 4.55. The molecule has 144 valence electrons. The van der Waals surface area contributed by atoms with E-state index in [0.29, 0.717) is 38.4 Å². The topological polar surface area (TPSA) is 115 Å². The van der Waals surface area contributed by atoms with E-state index in [1.54, 1.807) is 7.05 Å². The van der Waals surface area contributed by atoms with Gasteiger partial charge in [-0.2, -0.15) is 5.10 Å². The van der Waals surface area contributed by atoms with Crippen molar-refractivity contribution in [1.82, 2.24) is 15.1 Å². The zero-order valence-electron chi connectivity index (χ0n) is 15.5. The number of amides is 1. The number of nitro groups is 1. The van der Waals surface area contributed by atoms with Gasteiger partial charge in [-0.25, -0.2) is 9.48 Å². The van der Waals surface area contributed by atoms with Crippen LogP contribution in [0.1, 0.15) is 33.6 Å². The summed E-state index contributed by atoms with van der Waals surface area (Å²) in [6, 6.07) is -0.121. The van der Waals surface area contributed by atoms with Gasteiger partial charge in [0.05, 0.1) is 18.1 Å². The van der Waals surface area contributed by atoms with E-state index < -0.39 is 22.2 Å². The molecule has 2 aliphatic heterocycles. The summed E-state index contributed by atoms with van der Waals surface area (Å²) in [5.74, 6) is 0.461. The SMILES string of the molecule is Cn1ncc([N+](=O)[O-])c1N1CC[C@H](NC(=O)OC(C)(C)C)CC2(CO2)C1. The average molecular weight is 367 g/mol. The van der Waals surface area contributed by atoms with Gasteiger partial charge in [-0.05, 0) is 27.2 Å². The summed E-state index contributed by atoms with van der Waals surface area (Å²) in [4.78, 5) is 24.9. The Labute approximate surface area is 151 Å². The Balaban J connectivity index is 1.74. The predicted octanol–water partition coefficient (Wildman–Crippen LogP) is 1.59. The molecule has 1 spiro atoms. The van der Waals surface area contributed by atoms with Crippen molar-refractivity contribution in [3.05, 3.63) is 16.3 Å². The molecule has 0 aliphatic carbocycles. The minimum atomic E-state index is -0.566. The smallest absolute Gasteiger partial charge is 0.407 e. The molecule has 0 saturated carbocycles. The highest BCUT2D eigenvalue weighted by Crippen LogP contribution is 2.39. The fraction of sp³-hybridized carbons (Fsp3) is 0.750. The Morgan fingerprint density at radius 2 is 2.23 bits per heavy atom. The standard InChI is InChI=1S/C16H25N5O5/c1-15(2,3)26-14(22)18-11-5-6-20(9-16(7-11)10-25-16)13-12(21(23)24)8-17-19(13)4/h8,11H,5-7,9-10H2,1-4H3,(H,18,22)/t11-,16?/m0/s1. The number of nitrogens with one attached hydrogen (secondary N) is 1. The maximum absolute atomic E-state index is 12.1. The van der Waals surface area contributed by atoms with Gasteiger partial charge in [-0.3, -0.25) is 10.1 Å². The quantitative estimate of drug-likeness (QED) is 0.490. The van der Waals surface area contributed by atoms with Crippen molar-refractivity contribution in [2.75, 3.05) is 24.6 Å². The van der Waals surface area contributed by atoms with Crippen molar-refractivity contribution < 1.29 is 19.2 Å². The molecular weight excluding hydrogens is 342 g/mol. The van der Waals surface area contributed by atoms with Gasteiger partial charge in [-0.1, -0.05) is 0 Å². The third-order valence-electron chi connectivity index (χ3n) is 4.50. The van der Waals surface area contributed by atoms with Crippen LogP contribution in [0.4, 0.5) is 16.3 Å². The molecule has 10 nitrogen and oxygen atoms in total. The van der Waals surface area contributed by atoms with Gasteiger partial charge in [0.2, 0.25) is 5.82 Å².